The molecule has 196 valence electrons. The molecule has 3 rings (SSSR count). The fourth-order valence-corrected chi connectivity index (χ4v) is 5.67. The number of ketones is 1. The van der Waals surface area contributed by atoms with E-state index in [0.29, 0.717) is 18.8 Å². The first-order valence-corrected chi connectivity index (χ1v) is 13.0. The summed E-state index contributed by atoms with van der Waals surface area (Å²) in [6.45, 7) is 4.51. The van der Waals surface area contributed by atoms with Crippen LogP contribution < -0.4 is 21.9 Å². The van der Waals surface area contributed by atoms with Crippen LogP contribution in [0.15, 0.2) is 32.7 Å². The van der Waals surface area contributed by atoms with Crippen LogP contribution >= 0.6 is 0 Å². The number of benzene rings is 1. The molecule has 1 aromatic carbocycles. The van der Waals surface area contributed by atoms with E-state index in [4.69, 9.17) is 10.5 Å². The number of Topliss-reactive ketones (excluding diaryl/α,β-unsaturated/α-hetero) is 1. The van der Waals surface area contributed by atoms with Gasteiger partial charge in [-0.15, -0.1) is 0 Å². The molecule has 0 saturated carbocycles. The number of carbonyl (C=O) groups excluding carboxylic acids is 2. The van der Waals surface area contributed by atoms with Gasteiger partial charge >= 0.3 is 11.7 Å². The number of hydrogen-bond acceptors (Lipinski definition) is 9. The van der Waals surface area contributed by atoms with E-state index in [2.05, 4.69) is 0 Å². The molecule has 12 nitrogen and oxygen atoms in total. The molecule has 1 fully saturated rings. The summed E-state index contributed by atoms with van der Waals surface area (Å²) in [5, 5.41) is 0. The largest absolute Gasteiger partial charge is 0.454 e. The van der Waals surface area contributed by atoms with Crippen LogP contribution in [-0.4, -0.2) is 66.4 Å². The Kier molecular flexibility index (Phi) is 8.04. The van der Waals surface area contributed by atoms with E-state index in [-0.39, 0.29) is 29.4 Å². The van der Waals surface area contributed by atoms with Crippen LogP contribution in [-0.2, 0) is 28.9 Å². The van der Waals surface area contributed by atoms with Crippen LogP contribution in [0.4, 0.5) is 11.5 Å². The van der Waals surface area contributed by atoms with Crippen molar-refractivity contribution < 1.29 is 22.7 Å². The molecular weight excluding hydrogens is 490 g/mol. The van der Waals surface area contributed by atoms with Gasteiger partial charge in [-0.3, -0.25) is 18.7 Å². The van der Waals surface area contributed by atoms with Crippen molar-refractivity contribution in [1.82, 2.24) is 13.4 Å². The summed E-state index contributed by atoms with van der Waals surface area (Å²) in [7, 11) is -1.33. The SMILES string of the molecule is CCN(CC)S(=O)(=O)c1ccc(N2CCCC2)c(C(=O)OCC(=O)c2c(N)n(C)c(=O)n(C)c2=O)c1. The van der Waals surface area contributed by atoms with Crippen molar-refractivity contribution >= 4 is 33.3 Å². The number of hydrogen-bond donors (Lipinski definition) is 1. The standard InChI is InChI=1S/C23H31N5O7S/c1-5-28(6-2)36(33,34)15-9-10-17(27-11-7-8-12-27)16(13-15)22(31)35-14-18(29)19-20(24)25(3)23(32)26(4)21(19)30/h9-10,13H,5-8,11-12,14,24H2,1-4H3. The zero-order valence-corrected chi connectivity index (χ0v) is 21.6. The van der Waals surface area contributed by atoms with E-state index in [1.165, 1.54) is 30.5 Å². The molecule has 0 bridgehead atoms. The summed E-state index contributed by atoms with van der Waals surface area (Å²) in [6, 6.07) is 4.28. The van der Waals surface area contributed by atoms with Crippen molar-refractivity contribution in [2.45, 2.75) is 31.6 Å². The Morgan fingerprint density at radius 3 is 2.25 bits per heavy atom. The van der Waals surface area contributed by atoms with Crippen molar-refractivity contribution in [3.63, 3.8) is 0 Å². The zero-order valence-electron chi connectivity index (χ0n) is 20.8. The highest BCUT2D eigenvalue weighted by Crippen LogP contribution is 2.29. The number of aromatic nitrogens is 2. The van der Waals surface area contributed by atoms with Crippen LogP contribution in [0.25, 0.3) is 0 Å². The van der Waals surface area contributed by atoms with E-state index in [1.54, 1.807) is 19.9 Å². The van der Waals surface area contributed by atoms with Crippen LogP contribution in [0.5, 0.6) is 0 Å². The third-order valence-electron chi connectivity index (χ3n) is 6.30. The van der Waals surface area contributed by atoms with Gasteiger partial charge in [0.2, 0.25) is 15.8 Å². The molecule has 1 aliphatic rings. The second-order valence-electron chi connectivity index (χ2n) is 8.43. The number of carbonyl (C=O) groups is 2. The van der Waals surface area contributed by atoms with Crippen molar-refractivity contribution in [3.8, 4) is 0 Å². The Labute approximate surface area is 208 Å². The monoisotopic (exact) mass is 521 g/mol. The van der Waals surface area contributed by atoms with Crippen molar-refractivity contribution in [2.75, 3.05) is 43.4 Å². The highest BCUT2D eigenvalue weighted by Gasteiger charge is 2.28. The first-order valence-electron chi connectivity index (χ1n) is 11.6. The fraction of sp³-hybridized carbons (Fsp3) is 0.478. The molecule has 2 heterocycles. The second-order valence-corrected chi connectivity index (χ2v) is 10.4. The van der Waals surface area contributed by atoms with E-state index in [1.807, 2.05) is 4.90 Å². The Morgan fingerprint density at radius 1 is 1.06 bits per heavy atom. The molecule has 0 radical (unpaired) electrons. The lowest BCUT2D eigenvalue weighted by Gasteiger charge is -2.23. The Morgan fingerprint density at radius 2 is 1.67 bits per heavy atom. The molecule has 0 spiro atoms. The third kappa shape index (κ3) is 4.93. The Bertz CT molecular complexity index is 1400. The lowest BCUT2D eigenvalue weighted by molar-refractivity contribution is 0.0474. The van der Waals surface area contributed by atoms with Crippen LogP contribution in [0.3, 0.4) is 0 Å². The van der Waals surface area contributed by atoms with Crippen molar-refractivity contribution in [1.29, 1.82) is 0 Å². The molecule has 36 heavy (non-hydrogen) atoms. The summed E-state index contributed by atoms with van der Waals surface area (Å²) >= 11 is 0. The maximum Gasteiger partial charge on any atom is 0.340 e. The van der Waals surface area contributed by atoms with Gasteiger partial charge in [0.25, 0.3) is 5.56 Å². The predicted molar refractivity (Wildman–Crippen MR) is 134 cm³/mol. The smallest absolute Gasteiger partial charge is 0.340 e. The number of ether oxygens (including phenoxy) is 1. The molecule has 1 aliphatic heterocycles. The Hall–Kier alpha value is -3.45. The minimum absolute atomic E-state index is 0.000678. The first kappa shape index (κ1) is 27.1. The molecule has 2 aromatic rings. The van der Waals surface area contributed by atoms with Gasteiger partial charge in [0.1, 0.15) is 11.4 Å². The second kappa shape index (κ2) is 10.7. The first-order chi connectivity index (χ1) is 16.9. The number of esters is 1. The topological polar surface area (TPSA) is 154 Å². The number of rotatable bonds is 9. The maximum absolute atomic E-state index is 13.1. The predicted octanol–water partition coefficient (Wildman–Crippen LogP) is 0.337. The summed E-state index contributed by atoms with van der Waals surface area (Å²) in [6.07, 6.45) is 1.84. The number of nitrogens with two attached hydrogens (primary N) is 1. The lowest BCUT2D eigenvalue weighted by atomic mass is 10.1. The molecule has 0 unspecified atom stereocenters. The number of anilines is 2. The number of sulfonamides is 1. The van der Waals surface area contributed by atoms with Gasteiger partial charge < -0.3 is 15.4 Å². The van der Waals surface area contributed by atoms with E-state index in [0.717, 1.165) is 22.0 Å². The molecule has 2 N–H and O–H groups in total. The molecule has 1 aromatic heterocycles. The van der Waals surface area contributed by atoms with Gasteiger partial charge in [0.05, 0.1) is 16.1 Å². The zero-order chi connectivity index (χ0) is 26.8. The molecule has 0 atom stereocenters. The maximum atomic E-state index is 13.1. The van der Waals surface area contributed by atoms with Gasteiger partial charge in [-0.25, -0.2) is 18.0 Å². The molecule has 1 saturated heterocycles. The van der Waals surface area contributed by atoms with E-state index >= 15 is 0 Å². The molecule has 0 aliphatic carbocycles. The average molecular weight is 522 g/mol. The average Bonchev–Trinajstić information content (AvgIpc) is 3.40. The quantitative estimate of drug-likeness (QED) is 0.363. The van der Waals surface area contributed by atoms with Crippen LogP contribution in [0, 0.1) is 0 Å². The van der Waals surface area contributed by atoms with Crippen LogP contribution in [0.1, 0.15) is 47.4 Å². The minimum Gasteiger partial charge on any atom is -0.454 e. The van der Waals surface area contributed by atoms with Gasteiger partial charge in [0.15, 0.2) is 6.61 Å². The highest BCUT2D eigenvalue weighted by molar-refractivity contribution is 7.89. The number of nitrogen functional groups attached to an aromatic ring is 1. The summed E-state index contributed by atoms with van der Waals surface area (Å²) in [4.78, 5) is 52.2. The van der Waals surface area contributed by atoms with Crippen molar-refractivity contribution in [2.24, 2.45) is 14.1 Å². The normalized spacial score (nSPS) is 13.9. The van der Waals surface area contributed by atoms with Crippen molar-refractivity contribution in [3.05, 3.63) is 50.2 Å². The lowest BCUT2D eigenvalue weighted by Crippen LogP contribution is -2.42. The molecular formula is C23H31N5O7S. The number of nitrogens with zero attached hydrogens (tertiary/aromatic N) is 4. The minimum atomic E-state index is -3.85. The molecule has 13 heteroatoms. The third-order valence-corrected chi connectivity index (χ3v) is 8.35. The van der Waals surface area contributed by atoms with E-state index < -0.39 is 45.2 Å². The Balaban J connectivity index is 1.96. The van der Waals surface area contributed by atoms with Gasteiger partial charge in [-0.05, 0) is 31.0 Å². The van der Waals surface area contributed by atoms with Crippen LogP contribution in [0.2, 0.25) is 0 Å². The van der Waals surface area contributed by atoms with Gasteiger partial charge in [0, 0.05) is 40.3 Å². The summed E-state index contributed by atoms with van der Waals surface area (Å²) < 4.78 is 34.3. The summed E-state index contributed by atoms with van der Waals surface area (Å²) in [5.74, 6) is -2.14. The van der Waals surface area contributed by atoms with E-state index in [9.17, 15) is 27.6 Å². The summed E-state index contributed by atoms with van der Waals surface area (Å²) in [5.41, 5.74) is 4.24. The van der Waals surface area contributed by atoms with Gasteiger partial charge in [-0.1, -0.05) is 13.8 Å². The molecule has 0 amide bonds. The fourth-order valence-electron chi connectivity index (χ4n) is 4.19. The highest BCUT2D eigenvalue weighted by atomic mass is 32.2. The van der Waals surface area contributed by atoms with Gasteiger partial charge in [-0.2, -0.15) is 4.31 Å².